The van der Waals surface area contributed by atoms with Gasteiger partial charge in [-0.15, -0.1) is 0 Å². The van der Waals surface area contributed by atoms with E-state index in [0.29, 0.717) is 5.49 Å². The molecule has 0 radical (unpaired) electrons. The lowest BCUT2D eigenvalue weighted by atomic mass is 10.1. The Balaban J connectivity index is 2.21. The van der Waals surface area contributed by atoms with Gasteiger partial charge in [0.2, 0.25) is 5.91 Å². The second-order valence-corrected chi connectivity index (χ2v) is 4.72. The Morgan fingerprint density at radius 2 is 1.96 bits per heavy atom. The molecule has 0 fully saturated rings. The summed E-state index contributed by atoms with van der Waals surface area (Å²) >= 11 is 0. The third kappa shape index (κ3) is 4.33. The maximum atomic E-state index is 11.3. The first-order chi connectivity index (χ1) is 11.2. The van der Waals surface area contributed by atoms with Crippen LogP contribution >= 0.6 is 0 Å². The van der Waals surface area contributed by atoms with Crippen molar-refractivity contribution in [2.45, 2.75) is 0 Å². The molecule has 0 aliphatic rings. The van der Waals surface area contributed by atoms with E-state index in [0.717, 1.165) is 17.0 Å². The van der Waals surface area contributed by atoms with Crippen LogP contribution in [-0.2, 0) is 9.53 Å². The standard InChI is InChI=1S/C16H20N4O3/c1-22-10-16(21)19-11-18-15-5-3-4-14(20(15)17)12-6-8-13(23-2)9-7-12/h3-9H,10-11,17H2,1-2H3,(H,19,21). The van der Waals surface area contributed by atoms with E-state index in [4.69, 9.17) is 15.3 Å². The summed E-state index contributed by atoms with van der Waals surface area (Å²) in [5.74, 6) is 6.66. The van der Waals surface area contributed by atoms with Crippen molar-refractivity contribution in [3.05, 3.63) is 48.0 Å². The molecule has 7 heteroatoms. The summed E-state index contributed by atoms with van der Waals surface area (Å²) in [4.78, 5) is 15.6. The zero-order valence-corrected chi connectivity index (χ0v) is 13.2. The fourth-order valence-electron chi connectivity index (χ4n) is 2.03. The van der Waals surface area contributed by atoms with E-state index in [1.807, 2.05) is 36.4 Å². The monoisotopic (exact) mass is 316 g/mol. The van der Waals surface area contributed by atoms with Crippen molar-refractivity contribution in [2.75, 3.05) is 33.3 Å². The fraction of sp³-hybridized carbons (Fsp3) is 0.250. The Hall–Kier alpha value is -2.80. The molecule has 2 aromatic rings. The summed E-state index contributed by atoms with van der Waals surface area (Å²) in [6.07, 6.45) is 0. The Labute approximate surface area is 134 Å². The Morgan fingerprint density at radius 1 is 1.22 bits per heavy atom. The van der Waals surface area contributed by atoms with E-state index >= 15 is 0 Å². The molecule has 1 heterocycles. The van der Waals surface area contributed by atoms with E-state index < -0.39 is 0 Å². The summed E-state index contributed by atoms with van der Waals surface area (Å²) in [7, 11) is 3.08. The quantitative estimate of drug-likeness (QED) is 0.759. The largest absolute Gasteiger partial charge is 0.497 e. The van der Waals surface area contributed by atoms with E-state index in [1.54, 1.807) is 13.2 Å². The number of benzene rings is 1. The molecule has 0 saturated carbocycles. The Morgan fingerprint density at radius 3 is 2.61 bits per heavy atom. The van der Waals surface area contributed by atoms with Crippen molar-refractivity contribution in [1.29, 1.82) is 0 Å². The minimum atomic E-state index is -0.230. The fourth-order valence-corrected chi connectivity index (χ4v) is 2.03. The highest BCUT2D eigenvalue weighted by Gasteiger charge is 2.03. The molecule has 0 aliphatic heterocycles. The second kappa shape index (κ2) is 8.00. The second-order valence-electron chi connectivity index (χ2n) is 4.72. The highest BCUT2D eigenvalue weighted by atomic mass is 16.5. The molecule has 0 saturated heterocycles. The molecule has 122 valence electrons. The Bertz CT molecular complexity index is 723. The van der Waals surface area contributed by atoms with Gasteiger partial charge in [-0.25, -0.2) is 9.67 Å². The lowest BCUT2D eigenvalue weighted by Crippen LogP contribution is -2.32. The summed E-state index contributed by atoms with van der Waals surface area (Å²) in [6.45, 7) is 0.134. The molecular formula is C16H20N4O3. The van der Waals surface area contributed by atoms with Gasteiger partial charge in [-0.05, 0) is 36.4 Å². The molecule has 2 rings (SSSR count). The number of aromatic nitrogens is 1. The van der Waals surface area contributed by atoms with Gasteiger partial charge in [-0.2, -0.15) is 0 Å². The summed E-state index contributed by atoms with van der Waals surface area (Å²) in [6, 6.07) is 13.1. The maximum Gasteiger partial charge on any atom is 0.247 e. The first kappa shape index (κ1) is 16.6. The third-order valence-electron chi connectivity index (χ3n) is 3.18. The number of nitrogen functional groups attached to an aromatic ring is 1. The number of pyridine rings is 1. The van der Waals surface area contributed by atoms with E-state index in [1.165, 1.54) is 11.8 Å². The van der Waals surface area contributed by atoms with Gasteiger partial charge in [0.15, 0.2) is 0 Å². The zero-order valence-electron chi connectivity index (χ0n) is 13.2. The third-order valence-corrected chi connectivity index (χ3v) is 3.18. The first-order valence-electron chi connectivity index (χ1n) is 7.03. The van der Waals surface area contributed by atoms with Crippen molar-refractivity contribution in [3.8, 4) is 17.0 Å². The van der Waals surface area contributed by atoms with Crippen LogP contribution in [0, 0.1) is 0 Å². The molecule has 1 aromatic carbocycles. The number of nitrogens with zero attached hydrogens (tertiary/aromatic N) is 2. The number of nitrogens with two attached hydrogens (primary N) is 1. The molecule has 0 unspecified atom stereocenters. The number of rotatable bonds is 6. The van der Waals surface area contributed by atoms with Crippen LogP contribution in [0.25, 0.3) is 11.3 Å². The van der Waals surface area contributed by atoms with Crippen LogP contribution in [0.3, 0.4) is 0 Å². The van der Waals surface area contributed by atoms with Gasteiger partial charge in [0, 0.05) is 12.7 Å². The predicted molar refractivity (Wildman–Crippen MR) is 87.0 cm³/mol. The van der Waals surface area contributed by atoms with E-state index in [9.17, 15) is 4.79 Å². The number of carbonyl (C=O) groups is 1. The minimum Gasteiger partial charge on any atom is -0.497 e. The number of ether oxygens (including phenoxy) is 2. The molecule has 1 aromatic heterocycles. The predicted octanol–water partition coefficient (Wildman–Crippen LogP) is 0.498. The van der Waals surface area contributed by atoms with Crippen molar-refractivity contribution in [1.82, 2.24) is 9.99 Å². The number of amides is 1. The number of nitrogens with one attached hydrogen (secondary N) is 1. The number of hydrogen-bond acceptors (Lipinski definition) is 5. The Kier molecular flexibility index (Phi) is 5.76. The van der Waals surface area contributed by atoms with Gasteiger partial charge < -0.3 is 20.6 Å². The summed E-state index contributed by atoms with van der Waals surface area (Å²) in [5.41, 5.74) is 2.29. The molecule has 23 heavy (non-hydrogen) atoms. The van der Waals surface area contributed by atoms with Gasteiger partial charge in [0.1, 0.15) is 24.5 Å². The molecule has 0 spiro atoms. The normalized spacial score (nSPS) is 11.3. The summed E-state index contributed by atoms with van der Waals surface area (Å²) < 4.78 is 11.4. The molecule has 0 atom stereocenters. The van der Waals surface area contributed by atoms with Crippen molar-refractivity contribution in [3.63, 3.8) is 0 Å². The molecular weight excluding hydrogens is 296 g/mol. The maximum absolute atomic E-state index is 11.3. The van der Waals surface area contributed by atoms with Gasteiger partial charge in [0.05, 0.1) is 12.8 Å². The van der Waals surface area contributed by atoms with Crippen LogP contribution in [-0.4, -0.2) is 38.1 Å². The van der Waals surface area contributed by atoms with Gasteiger partial charge in [-0.3, -0.25) is 4.79 Å². The van der Waals surface area contributed by atoms with Crippen LogP contribution in [0.2, 0.25) is 0 Å². The lowest BCUT2D eigenvalue weighted by Gasteiger charge is -2.10. The number of hydrogen-bond donors (Lipinski definition) is 2. The van der Waals surface area contributed by atoms with Crippen LogP contribution in [0.4, 0.5) is 0 Å². The molecule has 3 N–H and O–H groups in total. The van der Waals surface area contributed by atoms with Crippen LogP contribution in [0.1, 0.15) is 0 Å². The summed E-state index contributed by atoms with van der Waals surface area (Å²) in [5, 5.41) is 2.62. The zero-order chi connectivity index (χ0) is 16.7. The highest BCUT2D eigenvalue weighted by molar-refractivity contribution is 5.77. The minimum absolute atomic E-state index is 0.00400. The van der Waals surface area contributed by atoms with Gasteiger partial charge >= 0.3 is 0 Å². The topological polar surface area (TPSA) is 90.9 Å². The van der Waals surface area contributed by atoms with Crippen LogP contribution in [0.5, 0.6) is 5.75 Å². The molecule has 7 nitrogen and oxygen atoms in total. The van der Waals surface area contributed by atoms with Crippen molar-refractivity contribution in [2.24, 2.45) is 4.99 Å². The number of methoxy groups -OCH3 is 2. The van der Waals surface area contributed by atoms with E-state index in [2.05, 4.69) is 10.3 Å². The molecule has 1 amide bonds. The molecule has 0 bridgehead atoms. The van der Waals surface area contributed by atoms with Crippen molar-refractivity contribution >= 4 is 5.91 Å². The highest BCUT2D eigenvalue weighted by Crippen LogP contribution is 2.20. The number of carbonyl (C=O) groups excluding carboxylic acids is 1. The van der Waals surface area contributed by atoms with Gasteiger partial charge in [0.25, 0.3) is 0 Å². The first-order valence-corrected chi connectivity index (χ1v) is 7.03. The lowest BCUT2D eigenvalue weighted by molar-refractivity contribution is -0.124. The van der Waals surface area contributed by atoms with Crippen molar-refractivity contribution < 1.29 is 14.3 Å². The average Bonchev–Trinajstić information content (AvgIpc) is 2.57. The van der Waals surface area contributed by atoms with Crippen LogP contribution in [0.15, 0.2) is 47.5 Å². The SMILES string of the molecule is COCC(=O)NCN=c1cccc(-c2ccc(OC)cc2)n1N. The van der Waals surface area contributed by atoms with Crippen LogP contribution < -0.4 is 21.4 Å². The molecule has 0 aliphatic carbocycles. The average molecular weight is 316 g/mol. The van der Waals surface area contributed by atoms with Gasteiger partial charge in [-0.1, -0.05) is 6.07 Å². The van der Waals surface area contributed by atoms with E-state index in [-0.39, 0.29) is 19.2 Å². The smallest absolute Gasteiger partial charge is 0.247 e.